The predicted molar refractivity (Wildman–Crippen MR) is 78.3 cm³/mol. The summed E-state index contributed by atoms with van der Waals surface area (Å²) < 4.78 is 0.771. The first-order valence-corrected chi connectivity index (χ1v) is 7.77. The third-order valence-corrected chi connectivity index (χ3v) is 5.39. The van der Waals surface area contributed by atoms with Crippen molar-refractivity contribution >= 4 is 60.8 Å². The van der Waals surface area contributed by atoms with Gasteiger partial charge in [-0.2, -0.15) is 0 Å². The molecule has 0 heterocycles. The van der Waals surface area contributed by atoms with Crippen LogP contribution in [0.4, 0.5) is 0 Å². The highest BCUT2D eigenvalue weighted by Gasteiger charge is 2.33. The van der Waals surface area contributed by atoms with Crippen molar-refractivity contribution in [3.63, 3.8) is 0 Å². The van der Waals surface area contributed by atoms with Crippen LogP contribution in [0.1, 0.15) is 18.4 Å². The molecule has 0 radical (unpaired) electrons. The van der Waals surface area contributed by atoms with E-state index in [-0.39, 0.29) is 16.5 Å². The van der Waals surface area contributed by atoms with Crippen molar-refractivity contribution in [1.29, 1.82) is 0 Å². The van der Waals surface area contributed by atoms with Crippen molar-refractivity contribution < 1.29 is 4.79 Å². The van der Waals surface area contributed by atoms with Crippen LogP contribution in [0.3, 0.4) is 0 Å². The summed E-state index contributed by atoms with van der Waals surface area (Å²) in [5.41, 5.74) is 0.899. The first kappa shape index (κ1) is 13.9. The Morgan fingerprint density at radius 3 is 2.59 bits per heavy atom. The minimum atomic E-state index is -0.162. The van der Waals surface area contributed by atoms with Crippen molar-refractivity contribution in [3.05, 3.63) is 32.2 Å². The Balaban J connectivity index is 2.12. The highest BCUT2D eigenvalue weighted by atomic mass is 79.9. The molecule has 1 aliphatic rings. The van der Waals surface area contributed by atoms with Crippen LogP contribution in [-0.4, -0.2) is 10.6 Å². The second-order valence-corrected chi connectivity index (χ2v) is 6.90. The monoisotopic (exact) mass is 398 g/mol. The second kappa shape index (κ2) is 5.60. The number of Topliss-reactive ketones (excluding diaryl/α,β-unsaturated/α-hetero) is 1. The van der Waals surface area contributed by atoms with E-state index in [0.717, 1.165) is 22.9 Å². The largest absolute Gasteiger partial charge is 0.298 e. The van der Waals surface area contributed by atoms with Crippen molar-refractivity contribution in [1.82, 2.24) is 0 Å². The zero-order chi connectivity index (χ0) is 12.6. The summed E-state index contributed by atoms with van der Waals surface area (Å²) in [5, 5.41) is 1.02. The van der Waals surface area contributed by atoms with Gasteiger partial charge in [0.1, 0.15) is 5.78 Å². The van der Waals surface area contributed by atoms with E-state index in [2.05, 4.69) is 31.9 Å². The molecule has 1 saturated carbocycles. The fourth-order valence-electron chi connectivity index (χ4n) is 1.64. The number of hydrogen-bond donors (Lipinski definition) is 0. The predicted octanol–water partition coefficient (Wildman–Crippen LogP) is 5.04. The average Bonchev–Trinajstić information content (AvgIpc) is 3.13. The Labute approximate surface area is 127 Å². The van der Waals surface area contributed by atoms with Gasteiger partial charge in [0.05, 0.1) is 14.9 Å². The molecule has 2 rings (SSSR count). The van der Waals surface area contributed by atoms with Crippen LogP contribution in [0.2, 0.25) is 10.0 Å². The normalized spacial score (nSPS) is 16.9. The van der Waals surface area contributed by atoms with Gasteiger partial charge in [0.25, 0.3) is 0 Å². The van der Waals surface area contributed by atoms with Crippen LogP contribution in [0, 0.1) is 5.92 Å². The molecule has 1 aromatic rings. The van der Waals surface area contributed by atoms with Gasteiger partial charge in [-0.15, -0.1) is 0 Å². The third kappa shape index (κ3) is 3.25. The molecular formula is C12H10Br2Cl2O. The van der Waals surface area contributed by atoms with Gasteiger partial charge in [-0.05, 0) is 46.8 Å². The van der Waals surface area contributed by atoms with Crippen LogP contribution < -0.4 is 0 Å². The molecule has 92 valence electrons. The standard InChI is InChI=1S/C12H10Br2Cl2O/c13-8-4-3-7(10(15)11(8)16)5-9(14)12(17)6-1-2-6/h3-4,6,9H,1-2,5H2. The second-order valence-electron chi connectivity index (χ2n) is 4.18. The lowest BCUT2D eigenvalue weighted by atomic mass is 10.1. The summed E-state index contributed by atoms with van der Waals surface area (Å²) in [5.74, 6) is 0.532. The molecule has 0 aromatic heterocycles. The maximum atomic E-state index is 11.8. The molecule has 1 unspecified atom stereocenters. The van der Waals surface area contributed by atoms with E-state index in [9.17, 15) is 4.79 Å². The van der Waals surface area contributed by atoms with Gasteiger partial charge >= 0.3 is 0 Å². The topological polar surface area (TPSA) is 17.1 Å². The Hall–Kier alpha value is 0.430. The zero-order valence-corrected chi connectivity index (χ0v) is 13.5. The van der Waals surface area contributed by atoms with E-state index in [0.29, 0.717) is 16.5 Å². The lowest BCUT2D eigenvalue weighted by molar-refractivity contribution is -0.119. The number of rotatable bonds is 4. The van der Waals surface area contributed by atoms with Crippen molar-refractivity contribution in [2.75, 3.05) is 0 Å². The van der Waals surface area contributed by atoms with Crippen molar-refractivity contribution in [3.8, 4) is 0 Å². The number of ketones is 1. The van der Waals surface area contributed by atoms with Gasteiger partial charge in [-0.1, -0.05) is 45.2 Å². The van der Waals surface area contributed by atoms with E-state index in [4.69, 9.17) is 23.2 Å². The fourth-order valence-corrected chi connectivity index (χ4v) is 3.23. The molecular weight excluding hydrogens is 391 g/mol. The molecule has 0 amide bonds. The Kier molecular flexibility index (Phi) is 4.56. The zero-order valence-electron chi connectivity index (χ0n) is 8.85. The number of carbonyl (C=O) groups excluding carboxylic acids is 1. The molecule has 5 heteroatoms. The quantitative estimate of drug-likeness (QED) is 0.511. The number of hydrogen-bond acceptors (Lipinski definition) is 1. The fraction of sp³-hybridized carbons (Fsp3) is 0.417. The van der Waals surface area contributed by atoms with E-state index in [1.165, 1.54) is 0 Å². The Morgan fingerprint density at radius 2 is 2.00 bits per heavy atom. The number of benzene rings is 1. The van der Waals surface area contributed by atoms with Crippen LogP contribution >= 0.6 is 55.1 Å². The van der Waals surface area contributed by atoms with Gasteiger partial charge in [0.2, 0.25) is 0 Å². The molecule has 1 aliphatic carbocycles. The van der Waals surface area contributed by atoms with Gasteiger partial charge in [0.15, 0.2) is 0 Å². The summed E-state index contributed by atoms with van der Waals surface area (Å²) in [7, 11) is 0. The molecule has 0 N–H and O–H groups in total. The van der Waals surface area contributed by atoms with Gasteiger partial charge in [-0.25, -0.2) is 0 Å². The van der Waals surface area contributed by atoms with Gasteiger partial charge < -0.3 is 0 Å². The van der Waals surface area contributed by atoms with Crippen LogP contribution in [0.25, 0.3) is 0 Å². The number of carbonyl (C=O) groups is 1. The van der Waals surface area contributed by atoms with Crippen LogP contribution in [0.15, 0.2) is 16.6 Å². The molecule has 1 nitrogen and oxygen atoms in total. The van der Waals surface area contributed by atoms with E-state index < -0.39 is 0 Å². The van der Waals surface area contributed by atoms with E-state index >= 15 is 0 Å². The van der Waals surface area contributed by atoms with Gasteiger partial charge in [-0.3, -0.25) is 4.79 Å². The summed E-state index contributed by atoms with van der Waals surface area (Å²) in [6.07, 6.45) is 2.63. The minimum Gasteiger partial charge on any atom is -0.298 e. The first-order valence-electron chi connectivity index (χ1n) is 5.31. The van der Waals surface area contributed by atoms with E-state index in [1.807, 2.05) is 12.1 Å². The summed E-state index contributed by atoms with van der Waals surface area (Å²) >= 11 is 18.9. The van der Waals surface area contributed by atoms with Crippen LogP contribution in [-0.2, 0) is 11.2 Å². The molecule has 17 heavy (non-hydrogen) atoms. The van der Waals surface area contributed by atoms with Crippen LogP contribution in [0.5, 0.6) is 0 Å². The maximum absolute atomic E-state index is 11.8. The van der Waals surface area contributed by atoms with Gasteiger partial charge in [0, 0.05) is 10.4 Å². The summed E-state index contributed by atoms with van der Waals surface area (Å²) in [6.45, 7) is 0. The first-order chi connectivity index (χ1) is 8.00. The summed E-state index contributed by atoms with van der Waals surface area (Å²) in [4.78, 5) is 11.7. The molecule has 1 atom stereocenters. The number of halogens is 4. The third-order valence-electron chi connectivity index (χ3n) is 2.80. The van der Waals surface area contributed by atoms with Crippen molar-refractivity contribution in [2.45, 2.75) is 24.1 Å². The molecule has 0 saturated heterocycles. The lowest BCUT2D eigenvalue weighted by Crippen LogP contribution is -2.18. The maximum Gasteiger partial charge on any atom is 0.149 e. The highest BCUT2D eigenvalue weighted by molar-refractivity contribution is 9.10. The SMILES string of the molecule is O=C(C(Br)Cc1ccc(Br)c(Cl)c1Cl)C1CC1. The molecule has 0 spiro atoms. The Bertz CT molecular complexity index is 458. The molecule has 0 bridgehead atoms. The summed E-state index contributed by atoms with van der Waals surface area (Å²) in [6, 6.07) is 3.75. The molecule has 1 aromatic carbocycles. The lowest BCUT2D eigenvalue weighted by Gasteiger charge is -2.11. The van der Waals surface area contributed by atoms with E-state index in [1.54, 1.807) is 0 Å². The smallest absolute Gasteiger partial charge is 0.149 e. The highest BCUT2D eigenvalue weighted by Crippen LogP contribution is 2.36. The Morgan fingerprint density at radius 1 is 1.35 bits per heavy atom. The minimum absolute atomic E-state index is 0.162. The number of alkyl halides is 1. The average molecular weight is 401 g/mol. The van der Waals surface area contributed by atoms with Crippen molar-refractivity contribution in [2.24, 2.45) is 5.92 Å². The molecule has 0 aliphatic heterocycles. The molecule has 1 fully saturated rings.